The molecule has 0 aliphatic carbocycles. The molecule has 1 unspecified atom stereocenters. The maximum absolute atomic E-state index is 13.2. The molecule has 0 aliphatic rings. The minimum atomic E-state index is -2.75. The van der Waals surface area contributed by atoms with E-state index in [9.17, 15) is 8.78 Å². The monoisotopic (exact) mass is 447 g/mol. The first kappa shape index (κ1) is 20.9. The number of rotatable bonds is 7. The molecule has 9 heteroatoms. The van der Waals surface area contributed by atoms with Crippen LogP contribution in [-0.4, -0.2) is 45.4 Å². The number of fused-ring (bicyclic) bond motifs is 2. The number of benzene rings is 2. The van der Waals surface area contributed by atoms with Crippen LogP contribution in [0.15, 0.2) is 66.9 Å². The van der Waals surface area contributed by atoms with E-state index in [1.165, 1.54) is 0 Å². The van der Waals surface area contributed by atoms with Gasteiger partial charge in [-0.1, -0.05) is 30.3 Å². The van der Waals surface area contributed by atoms with E-state index in [-0.39, 0.29) is 11.6 Å². The normalized spacial score (nSPS) is 12.5. The summed E-state index contributed by atoms with van der Waals surface area (Å²) in [7, 11) is 4.02. The van der Waals surface area contributed by atoms with Crippen LogP contribution in [0.1, 0.15) is 29.3 Å². The fourth-order valence-electron chi connectivity index (χ4n) is 4.04. The molecule has 168 valence electrons. The Hall–Kier alpha value is -4.01. The molecule has 5 rings (SSSR count). The minimum Gasteiger partial charge on any atom is -0.378 e. The number of nitrogens with one attached hydrogen (secondary N) is 2. The SMILES string of the molecule is CN(C)c1ccc(C(CNc2ccc3nnc(C(F)F)n3n2)c2c[nH]c3ccccc23)cc1. The van der Waals surface area contributed by atoms with Crippen molar-refractivity contribution in [3.63, 3.8) is 0 Å². The lowest BCUT2D eigenvalue weighted by molar-refractivity contribution is 0.137. The molecule has 33 heavy (non-hydrogen) atoms. The average Bonchev–Trinajstić information content (AvgIpc) is 3.44. The van der Waals surface area contributed by atoms with Gasteiger partial charge in [-0.25, -0.2) is 8.78 Å². The van der Waals surface area contributed by atoms with Gasteiger partial charge in [-0.3, -0.25) is 0 Å². The molecule has 0 bridgehead atoms. The number of alkyl halides is 2. The van der Waals surface area contributed by atoms with Crippen LogP contribution >= 0.6 is 0 Å². The van der Waals surface area contributed by atoms with Gasteiger partial charge in [0.1, 0.15) is 5.82 Å². The Balaban J connectivity index is 1.49. The number of para-hydroxylation sites is 1. The summed E-state index contributed by atoms with van der Waals surface area (Å²) < 4.78 is 27.5. The summed E-state index contributed by atoms with van der Waals surface area (Å²) in [6, 6.07) is 19.9. The molecule has 0 saturated carbocycles. The van der Waals surface area contributed by atoms with Gasteiger partial charge in [0.2, 0.25) is 5.82 Å². The van der Waals surface area contributed by atoms with Gasteiger partial charge < -0.3 is 15.2 Å². The first-order chi connectivity index (χ1) is 16.0. The van der Waals surface area contributed by atoms with E-state index in [2.05, 4.69) is 60.8 Å². The molecule has 0 amide bonds. The molecule has 2 N–H and O–H groups in total. The number of H-pyrrole nitrogens is 1. The first-order valence-corrected chi connectivity index (χ1v) is 10.6. The molecule has 0 spiro atoms. The average molecular weight is 447 g/mol. The summed E-state index contributed by atoms with van der Waals surface area (Å²) >= 11 is 0. The first-order valence-electron chi connectivity index (χ1n) is 10.6. The third kappa shape index (κ3) is 3.97. The van der Waals surface area contributed by atoms with Crippen molar-refractivity contribution in [1.82, 2.24) is 24.8 Å². The quantitative estimate of drug-likeness (QED) is 0.373. The smallest absolute Gasteiger partial charge is 0.299 e. The zero-order chi connectivity index (χ0) is 22.9. The molecular formula is C24H23F2N7. The highest BCUT2D eigenvalue weighted by molar-refractivity contribution is 5.84. The fourth-order valence-corrected chi connectivity index (χ4v) is 4.04. The summed E-state index contributed by atoms with van der Waals surface area (Å²) in [5.74, 6) is 0.00500. The molecule has 2 aromatic carbocycles. The van der Waals surface area contributed by atoms with Crippen molar-refractivity contribution >= 4 is 28.1 Å². The minimum absolute atomic E-state index is 0.00494. The summed E-state index contributed by atoms with van der Waals surface area (Å²) in [6.07, 6.45) is -0.723. The van der Waals surface area contributed by atoms with Crippen LogP contribution in [0.25, 0.3) is 16.6 Å². The van der Waals surface area contributed by atoms with E-state index >= 15 is 0 Å². The van der Waals surface area contributed by atoms with Gasteiger partial charge in [0.25, 0.3) is 6.43 Å². The van der Waals surface area contributed by atoms with Crippen molar-refractivity contribution in [2.45, 2.75) is 12.3 Å². The molecule has 3 aromatic heterocycles. The van der Waals surface area contributed by atoms with Crippen molar-refractivity contribution in [3.05, 3.63) is 83.8 Å². The third-order valence-electron chi connectivity index (χ3n) is 5.78. The summed E-state index contributed by atoms with van der Waals surface area (Å²) in [4.78, 5) is 5.41. The molecule has 1 atom stereocenters. The topological polar surface area (TPSA) is 74.1 Å². The highest BCUT2D eigenvalue weighted by atomic mass is 19.3. The van der Waals surface area contributed by atoms with Gasteiger partial charge in [-0.15, -0.1) is 15.3 Å². The summed E-state index contributed by atoms with van der Waals surface area (Å²) in [6.45, 7) is 0.522. The largest absolute Gasteiger partial charge is 0.378 e. The van der Waals surface area contributed by atoms with E-state index in [0.717, 1.165) is 32.2 Å². The number of hydrogen-bond donors (Lipinski definition) is 2. The van der Waals surface area contributed by atoms with Gasteiger partial charge in [0.05, 0.1) is 0 Å². The molecule has 3 heterocycles. The predicted octanol–water partition coefficient (Wildman–Crippen LogP) is 4.85. The van der Waals surface area contributed by atoms with Crippen LogP contribution in [0.4, 0.5) is 20.3 Å². The fraction of sp³-hybridized carbons (Fsp3) is 0.208. The number of aromatic nitrogens is 5. The van der Waals surface area contributed by atoms with Gasteiger partial charge >= 0.3 is 0 Å². The van der Waals surface area contributed by atoms with E-state index in [4.69, 9.17) is 0 Å². The van der Waals surface area contributed by atoms with Crippen LogP contribution in [0.5, 0.6) is 0 Å². The summed E-state index contributed by atoms with van der Waals surface area (Å²) in [5.41, 5.74) is 4.74. The van der Waals surface area contributed by atoms with Crippen molar-refractivity contribution in [3.8, 4) is 0 Å². The molecule has 0 saturated heterocycles. The lowest BCUT2D eigenvalue weighted by Crippen LogP contribution is -2.16. The van der Waals surface area contributed by atoms with Crippen LogP contribution in [0, 0.1) is 0 Å². The number of aromatic amines is 1. The number of anilines is 2. The second-order valence-corrected chi connectivity index (χ2v) is 8.06. The highest BCUT2D eigenvalue weighted by Crippen LogP contribution is 2.32. The Morgan fingerprint density at radius 2 is 1.79 bits per heavy atom. The maximum Gasteiger partial charge on any atom is 0.299 e. The maximum atomic E-state index is 13.2. The van der Waals surface area contributed by atoms with E-state index in [1.807, 2.05) is 38.5 Å². The highest BCUT2D eigenvalue weighted by Gasteiger charge is 2.20. The molecule has 0 fully saturated rings. The second kappa shape index (κ2) is 8.50. The van der Waals surface area contributed by atoms with Crippen LogP contribution in [0.2, 0.25) is 0 Å². The molecule has 0 radical (unpaired) electrons. The molecule has 5 aromatic rings. The summed E-state index contributed by atoms with van der Waals surface area (Å²) in [5, 5.41) is 16.1. The third-order valence-corrected chi connectivity index (χ3v) is 5.78. The van der Waals surface area contributed by atoms with Gasteiger partial charge in [-0.2, -0.15) is 4.52 Å². The number of halogens is 2. The Morgan fingerprint density at radius 1 is 1.00 bits per heavy atom. The zero-order valence-corrected chi connectivity index (χ0v) is 18.2. The molecule has 0 aliphatic heterocycles. The second-order valence-electron chi connectivity index (χ2n) is 8.06. The van der Waals surface area contributed by atoms with Gasteiger partial charge in [0.15, 0.2) is 5.65 Å². The number of nitrogens with zero attached hydrogens (tertiary/aromatic N) is 5. The Kier molecular flexibility index (Phi) is 5.37. The van der Waals surface area contributed by atoms with Crippen molar-refractivity contribution in [2.75, 3.05) is 30.9 Å². The predicted molar refractivity (Wildman–Crippen MR) is 125 cm³/mol. The lowest BCUT2D eigenvalue weighted by atomic mass is 9.90. The Labute approximate surface area is 189 Å². The van der Waals surface area contributed by atoms with Crippen molar-refractivity contribution in [2.24, 2.45) is 0 Å². The number of hydrogen-bond acceptors (Lipinski definition) is 5. The van der Waals surface area contributed by atoms with Crippen molar-refractivity contribution < 1.29 is 8.78 Å². The molecule has 7 nitrogen and oxygen atoms in total. The Morgan fingerprint density at radius 3 is 2.55 bits per heavy atom. The van der Waals surface area contributed by atoms with Crippen LogP contribution in [-0.2, 0) is 0 Å². The lowest BCUT2D eigenvalue weighted by Gasteiger charge is -2.20. The van der Waals surface area contributed by atoms with Crippen LogP contribution in [0.3, 0.4) is 0 Å². The Bertz CT molecular complexity index is 1390. The van der Waals surface area contributed by atoms with E-state index in [0.29, 0.717) is 12.4 Å². The van der Waals surface area contributed by atoms with Gasteiger partial charge in [-0.05, 0) is 41.5 Å². The van der Waals surface area contributed by atoms with Crippen LogP contribution < -0.4 is 10.2 Å². The van der Waals surface area contributed by atoms with E-state index < -0.39 is 12.2 Å². The van der Waals surface area contributed by atoms with Crippen molar-refractivity contribution in [1.29, 1.82) is 0 Å². The molecular weight excluding hydrogens is 424 g/mol. The standard InChI is InChI=1S/C24H23F2N7/c1-32(2)16-9-7-15(8-10-16)18(19-14-27-20-6-4-3-5-17(19)20)13-28-21-11-12-22-29-30-24(23(25)26)33(22)31-21/h3-12,14,18,23,27H,13H2,1-2H3,(H,28,31). The van der Waals surface area contributed by atoms with E-state index in [1.54, 1.807) is 12.1 Å². The van der Waals surface area contributed by atoms with Gasteiger partial charge in [0, 0.05) is 49.3 Å². The zero-order valence-electron chi connectivity index (χ0n) is 18.2.